The van der Waals surface area contributed by atoms with E-state index in [4.69, 9.17) is 14.6 Å². The van der Waals surface area contributed by atoms with E-state index in [9.17, 15) is 14.7 Å². The second-order valence-corrected chi connectivity index (χ2v) is 12.6. The predicted octanol–water partition coefficient (Wildman–Crippen LogP) is 5.82. The number of benzene rings is 3. The Morgan fingerprint density at radius 2 is 1.72 bits per heavy atom. The van der Waals surface area contributed by atoms with Crippen LogP contribution in [0, 0.1) is 6.92 Å². The first-order valence-corrected chi connectivity index (χ1v) is 15.8. The summed E-state index contributed by atoms with van der Waals surface area (Å²) in [6.07, 6.45) is -0.408. The number of aliphatic hydroxyl groups excluding tert-OH is 1. The molecule has 0 radical (unpaired) electrons. The molecule has 1 saturated heterocycles. The van der Waals surface area contributed by atoms with Gasteiger partial charge in [-0.05, 0) is 34.7 Å². The number of carbonyl (C=O) groups is 2. The SMILES string of the molecule is Cc1nnc(SCC2CC(c3ccc(CO)cc3)OC(c3ccc(-c4ccccc4CNC(=O)CCC(=O)O)cc3)O2)s1. The molecule has 224 valence electrons. The Hall–Kier alpha value is -3.61. The highest BCUT2D eigenvalue weighted by Crippen LogP contribution is 2.40. The van der Waals surface area contributed by atoms with Gasteiger partial charge in [0.2, 0.25) is 5.91 Å². The number of amides is 1. The number of aryl methyl sites for hydroxylation is 1. The van der Waals surface area contributed by atoms with Crippen molar-refractivity contribution in [2.24, 2.45) is 0 Å². The molecule has 1 aliphatic rings. The molecule has 0 spiro atoms. The van der Waals surface area contributed by atoms with Crippen molar-refractivity contribution >= 4 is 35.0 Å². The molecule has 1 fully saturated rings. The zero-order valence-corrected chi connectivity index (χ0v) is 25.3. The maximum absolute atomic E-state index is 12.1. The van der Waals surface area contributed by atoms with Crippen LogP contribution in [0.1, 0.15) is 58.9 Å². The molecule has 1 amide bonds. The number of thioether (sulfide) groups is 1. The number of aliphatic hydroxyl groups is 1. The van der Waals surface area contributed by atoms with E-state index in [1.165, 1.54) is 0 Å². The fourth-order valence-electron chi connectivity index (χ4n) is 4.80. The number of carbonyl (C=O) groups excluding carboxylic acids is 1. The maximum Gasteiger partial charge on any atom is 0.303 e. The first kappa shape index (κ1) is 30.8. The minimum absolute atomic E-state index is 0.00928. The van der Waals surface area contributed by atoms with Crippen LogP contribution in [-0.4, -0.2) is 44.1 Å². The smallest absolute Gasteiger partial charge is 0.303 e. The number of nitrogens with one attached hydrogen (secondary N) is 1. The highest BCUT2D eigenvalue weighted by atomic mass is 32.2. The summed E-state index contributed by atoms with van der Waals surface area (Å²) in [6, 6.07) is 23.6. The Morgan fingerprint density at radius 3 is 2.42 bits per heavy atom. The number of nitrogens with zero attached hydrogens (tertiary/aromatic N) is 2. The minimum Gasteiger partial charge on any atom is -0.481 e. The van der Waals surface area contributed by atoms with Gasteiger partial charge in [-0.3, -0.25) is 9.59 Å². The van der Waals surface area contributed by atoms with Crippen LogP contribution in [0.2, 0.25) is 0 Å². The van der Waals surface area contributed by atoms with Gasteiger partial charge < -0.3 is 25.0 Å². The molecule has 1 aromatic heterocycles. The van der Waals surface area contributed by atoms with Gasteiger partial charge in [-0.2, -0.15) is 0 Å². The van der Waals surface area contributed by atoms with Crippen molar-refractivity contribution in [2.75, 3.05) is 5.75 Å². The van der Waals surface area contributed by atoms with Crippen molar-refractivity contribution in [1.29, 1.82) is 0 Å². The molecule has 0 saturated carbocycles. The van der Waals surface area contributed by atoms with Crippen LogP contribution in [0.5, 0.6) is 0 Å². The Morgan fingerprint density at radius 1 is 0.977 bits per heavy atom. The lowest BCUT2D eigenvalue weighted by Crippen LogP contribution is -2.31. The van der Waals surface area contributed by atoms with Crippen LogP contribution in [0.15, 0.2) is 77.1 Å². The molecule has 9 nitrogen and oxygen atoms in total. The second kappa shape index (κ2) is 14.7. The van der Waals surface area contributed by atoms with Gasteiger partial charge in [0.25, 0.3) is 0 Å². The van der Waals surface area contributed by atoms with Crippen molar-refractivity contribution in [2.45, 2.75) is 62.2 Å². The van der Waals surface area contributed by atoms with E-state index in [1.54, 1.807) is 23.1 Å². The number of rotatable bonds is 12. The highest BCUT2D eigenvalue weighted by Gasteiger charge is 2.32. The zero-order chi connectivity index (χ0) is 30.2. The third kappa shape index (κ3) is 8.49. The lowest BCUT2D eigenvalue weighted by molar-refractivity contribution is -0.245. The lowest BCUT2D eigenvalue weighted by atomic mass is 9.97. The van der Waals surface area contributed by atoms with Gasteiger partial charge >= 0.3 is 5.97 Å². The molecule has 3 unspecified atom stereocenters. The lowest BCUT2D eigenvalue weighted by Gasteiger charge is -2.36. The van der Waals surface area contributed by atoms with E-state index in [1.807, 2.05) is 79.7 Å². The maximum atomic E-state index is 12.1. The highest BCUT2D eigenvalue weighted by molar-refractivity contribution is 8.01. The van der Waals surface area contributed by atoms with E-state index < -0.39 is 12.3 Å². The van der Waals surface area contributed by atoms with Crippen LogP contribution in [0.3, 0.4) is 0 Å². The van der Waals surface area contributed by atoms with Crippen molar-refractivity contribution in [3.8, 4) is 11.1 Å². The van der Waals surface area contributed by atoms with E-state index in [-0.39, 0.29) is 37.6 Å². The summed E-state index contributed by atoms with van der Waals surface area (Å²) < 4.78 is 13.9. The van der Waals surface area contributed by atoms with Gasteiger partial charge in [-0.1, -0.05) is 95.9 Å². The first-order chi connectivity index (χ1) is 20.9. The zero-order valence-electron chi connectivity index (χ0n) is 23.6. The van der Waals surface area contributed by atoms with Gasteiger partial charge in [0.15, 0.2) is 10.6 Å². The number of aliphatic carboxylic acids is 1. The Bertz CT molecular complexity index is 1530. The summed E-state index contributed by atoms with van der Waals surface area (Å²) >= 11 is 3.20. The summed E-state index contributed by atoms with van der Waals surface area (Å²) in [7, 11) is 0. The van der Waals surface area contributed by atoms with Crippen LogP contribution < -0.4 is 5.32 Å². The molecule has 3 N–H and O–H groups in total. The number of hydrogen-bond acceptors (Lipinski definition) is 9. The monoisotopic (exact) mass is 619 g/mol. The summed E-state index contributed by atoms with van der Waals surface area (Å²) in [5, 5.41) is 30.4. The molecule has 11 heteroatoms. The number of carboxylic acid groups (broad SMARTS) is 1. The van der Waals surface area contributed by atoms with E-state index >= 15 is 0 Å². The molecular weight excluding hydrogens is 587 g/mol. The van der Waals surface area contributed by atoms with Crippen LogP contribution >= 0.6 is 23.1 Å². The van der Waals surface area contributed by atoms with Crippen LogP contribution in [-0.2, 0) is 32.2 Å². The van der Waals surface area contributed by atoms with Crippen LogP contribution in [0.25, 0.3) is 11.1 Å². The molecular formula is C32H33N3O6S2. The molecule has 0 bridgehead atoms. The fourth-order valence-corrected chi connectivity index (χ4v) is 6.66. The molecule has 43 heavy (non-hydrogen) atoms. The average molecular weight is 620 g/mol. The summed E-state index contributed by atoms with van der Waals surface area (Å²) in [5.74, 6) is -0.582. The van der Waals surface area contributed by atoms with Gasteiger partial charge in [-0.15, -0.1) is 10.2 Å². The summed E-state index contributed by atoms with van der Waals surface area (Å²) in [4.78, 5) is 22.9. The van der Waals surface area contributed by atoms with E-state index in [2.05, 4.69) is 15.5 Å². The minimum atomic E-state index is -0.996. The third-order valence-corrected chi connectivity index (χ3v) is 9.17. The van der Waals surface area contributed by atoms with Gasteiger partial charge in [0.1, 0.15) is 5.01 Å². The summed E-state index contributed by atoms with van der Waals surface area (Å²) in [5.41, 5.74) is 5.65. The Labute approximate surface area is 258 Å². The molecule has 1 aliphatic heterocycles. The molecule has 2 heterocycles. The average Bonchev–Trinajstić information content (AvgIpc) is 3.46. The quantitative estimate of drug-likeness (QED) is 0.168. The standard InChI is InChI=1S/C32H33N3O6S2/c1-20-34-35-32(43-20)42-19-26-16-28(23-8-6-21(18-36)7-9-23)41-31(40-26)24-12-10-22(11-13-24)27-5-3-2-4-25(27)17-33-29(37)14-15-30(38)39/h2-13,26,28,31,36H,14-19H2,1H3,(H,33,37)(H,38,39). The second-order valence-electron chi connectivity index (χ2n) is 10.2. The van der Waals surface area contributed by atoms with E-state index in [0.717, 1.165) is 42.7 Å². The normalized spacial score (nSPS) is 18.3. The molecule has 4 aromatic rings. The van der Waals surface area contributed by atoms with Gasteiger partial charge in [0, 0.05) is 30.7 Å². The van der Waals surface area contributed by atoms with Crippen LogP contribution in [0.4, 0.5) is 0 Å². The number of carboxylic acids is 1. The first-order valence-electron chi connectivity index (χ1n) is 14.0. The number of ether oxygens (including phenoxy) is 2. The third-order valence-electron chi connectivity index (χ3n) is 7.07. The Balaban J connectivity index is 1.31. The van der Waals surface area contributed by atoms with Crippen molar-refractivity contribution in [3.63, 3.8) is 0 Å². The Kier molecular flexibility index (Phi) is 10.6. The largest absolute Gasteiger partial charge is 0.481 e. The van der Waals surface area contributed by atoms with Crippen molar-refractivity contribution in [3.05, 3.63) is 100 Å². The molecule has 0 aliphatic carbocycles. The van der Waals surface area contributed by atoms with Crippen molar-refractivity contribution < 1.29 is 29.3 Å². The topological polar surface area (TPSA) is 131 Å². The molecule has 3 aromatic carbocycles. The fraction of sp³-hybridized carbons (Fsp3) is 0.312. The van der Waals surface area contributed by atoms with Gasteiger partial charge in [0.05, 0.1) is 25.2 Å². The number of aromatic nitrogens is 2. The summed E-state index contributed by atoms with van der Waals surface area (Å²) in [6.45, 7) is 2.23. The molecule has 3 atom stereocenters. The van der Waals surface area contributed by atoms with Gasteiger partial charge in [-0.25, -0.2) is 0 Å². The van der Waals surface area contributed by atoms with Crippen molar-refractivity contribution in [1.82, 2.24) is 15.5 Å². The predicted molar refractivity (Wildman–Crippen MR) is 164 cm³/mol. The van der Waals surface area contributed by atoms with E-state index in [0.29, 0.717) is 18.7 Å². The molecule has 5 rings (SSSR count). The number of hydrogen-bond donors (Lipinski definition) is 3.